The molecule has 0 heterocycles. The molecular formula is C23H50ClP. The lowest BCUT2D eigenvalue weighted by atomic mass is 10.2. The van der Waals surface area contributed by atoms with E-state index >= 15 is 0 Å². The van der Waals surface area contributed by atoms with Gasteiger partial charge in [-0.3, -0.25) is 0 Å². The first-order chi connectivity index (χ1) is 11.7. The van der Waals surface area contributed by atoms with E-state index in [1.54, 1.807) is 18.5 Å². The van der Waals surface area contributed by atoms with Crippen molar-refractivity contribution < 1.29 is 12.4 Å². The average Bonchev–Trinajstić information content (AvgIpc) is 2.60. The highest BCUT2D eigenvalue weighted by molar-refractivity contribution is 7.75. The lowest BCUT2D eigenvalue weighted by Gasteiger charge is -2.27. The molecule has 0 aromatic carbocycles. The van der Waals surface area contributed by atoms with Crippen LogP contribution in [0.5, 0.6) is 0 Å². The highest BCUT2D eigenvalue weighted by Gasteiger charge is 2.33. The van der Waals surface area contributed by atoms with Gasteiger partial charge in [0, 0.05) is 7.26 Å². The summed E-state index contributed by atoms with van der Waals surface area (Å²) >= 11 is 0. The second-order valence-electron chi connectivity index (χ2n) is 8.07. The molecule has 0 saturated heterocycles. The average molecular weight is 393 g/mol. The zero-order valence-electron chi connectivity index (χ0n) is 18.3. The molecule has 0 aliphatic rings. The van der Waals surface area contributed by atoms with Gasteiger partial charge in [0.1, 0.15) is 0 Å². The highest BCUT2D eigenvalue weighted by atomic mass is 35.5. The van der Waals surface area contributed by atoms with Crippen molar-refractivity contribution in [2.24, 2.45) is 0 Å². The summed E-state index contributed by atoms with van der Waals surface area (Å²) in [5.74, 6) is 0. The molecule has 0 aromatic heterocycles. The molecule has 0 atom stereocenters. The van der Waals surface area contributed by atoms with Crippen molar-refractivity contribution >= 4 is 7.26 Å². The molecule has 0 aliphatic carbocycles. The van der Waals surface area contributed by atoms with Gasteiger partial charge in [0.25, 0.3) is 0 Å². The van der Waals surface area contributed by atoms with E-state index in [1.165, 1.54) is 102 Å². The van der Waals surface area contributed by atoms with Crippen LogP contribution < -0.4 is 12.4 Å². The maximum Gasteiger partial charge on any atom is 0.0594 e. The second kappa shape index (κ2) is 21.0. The van der Waals surface area contributed by atoms with Crippen molar-refractivity contribution in [2.45, 2.75) is 124 Å². The monoisotopic (exact) mass is 392 g/mol. The Kier molecular flexibility index (Phi) is 23.5. The summed E-state index contributed by atoms with van der Waals surface area (Å²) in [6.45, 7) is 9.51. The van der Waals surface area contributed by atoms with Gasteiger partial charge >= 0.3 is 0 Å². The topological polar surface area (TPSA) is 0 Å². The van der Waals surface area contributed by atoms with Crippen LogP contribution in [0.2, 0.25) is 0 Å². The van der Waals surface area contributed by atoms with Gasteiger partial charge in [-0.1, -0.05) is 78.6 Å². The lowest BCUT2D eigenvalue weighted by molar-refractivity contribution is -0.00000556. The fourth-order valence-corrected chi connectivity index (χ4v) is 8.26. The Bertz CT molecular complexity index is 206. The van der Waals surface area contributed by atoms with Crippen LogP contribution in [0.4, 0.5) is 0 Å². The van der Waals surface area contributed by atoms with E-state index in [9.17, 15) is 0 Å². The molecule has 0 rings (SSSR count). The molecule has 0 bridgehead atoms. The Morgan fingerprint density at radius 2 is 0.680 bits per heavy atom. The minimum atomic E-state index is -0.623. The number of hydrogen-bond donors (Lipinski definition) is 0. The third-order valence-electron chi connectivity index (χ3n) is 5.88. The maximum atomic E-state index is 2.53. The van der Waals surface area contributed by atoms with E-state index < -0.39 is 7.26 Å². The summed E-state index contributed by atoms with van der Waals surface area (Å²) in [6.07, 6.45) is 28.4. The third-order valence-corrected chi connectivity index (χ3v) is 11.0. The maximum absolute atomic E-state index is 2.53. The van der Waals surface area contributed by atoms with Crippen molar-refractivity contribution in [1.29, 1.82) is 0 Å². The van der Waals surface area contributed by atoms with Crippen LogP contribution in [0, 0.1) is 0 Å². The quantitative estimate of drug-likeness (QED) is 0.188. The molecule has 0 spiro atoms. The van der Waals surface area contributed by atoms with Gasteiger partial charge in [-0.05, 0) is 45.4 Å². The van der Waals surface area contributed by atoms with Crippen molar-refractivity contribution in [3.8, 4) is 0 Å². The van der Waals surface area contributed by atoms with E-state index in [0.717, 1.165) is 0 Å². The second-order valence-corrected chi connectivity index (χ2v) is 12.7. The summed E-state index contributed by atoms with van der Waals surface area (Å²) in [7, 11) is -0.623. The van der Waals surface area contributed by atoms with E-state index in [-0.39, 0.29) is 12.4 Å². The third kappa shape index (κ3) is 16.6. The molecular weight excluding hydrogens is 343 g/mol. The van der Waals surface area contributed by atoms with Crippen molar-refractivity contribution in [3.05, 3.63) is 0 Å². The van der Waals surface area contributed by atoms with Crippen LogP contribution in [0.3, 0.4) is 0 Å². The van der Waals surface area contributed by atoms with E-state index in [4.69, 9.17) is 0 Å². The molecule has 154 valence electrons. The SMILES string of the molecule is CCCCCCC[P+](CC)(CCCCCCC)CCCCCCC.[Cl-]. The molecule has 0 aliphatic heterocycles. The van der Waals surface area contributed by atoms with Gasteiger partial charge in [0.05, 0.1) is 24.6 Å². The normalized spacial score (nSPS) is 11.5. The Labute approximate surface area is 168 Å². The molecule has 25 heavy (non-hydrogen) atoms. The lowest BCUT2D eigenvalue weighted by Crippen LogP contribution is -3.00. The Morgan fingerprint density at radius 3 is 0.920 bits per heavy atom. The van der Waals surface area contributed by atoms with Crippen LogP contribution in [0.1, 0.15) is 124 Å². The predicted octanol–water partition coefficient (Wildman–Crippen LogP) is 5.94. The van der Waals surface area contributed by atoms with Crippen molar-refractivity contribution in [1.82, 2.24) is 0 Å². The van der Waals surface area contributed by atoms with E-state index in [2.05, 4.69) is 27.7 Å². The molecule has 0 N–H and O–H groups in total. The molecule has 0 nitrogen and oxygen atoms in total. The Balaban J connectivity index is 0. The zero-order chi connectivity index (χ0) is 17.9. The van der Waals surface area contributed by atoms with Crippen LogP contribution in [-0.2, 0) is 0 Å². The first-order valence-electron chi connectivity index (χ1n) is 11.6. The number of hydrogen-bond acceptors (Lipinski definition) is 0. The summed E-state index contributed by atoms with van der Waals surface area (Å²) < 4.78 is 0. The first kappa shape index (κ1) is 27.9. The predicted molar refractivity (Wildman–Crippen MR) is 118 cm³/mol. The van der Waals surface area contributed by atoms with Crippen molar-refractivity contribution in [3.63, 3.8) is 0 Å². The Hall–Kier alpha value is 0.720. The van der Waals surface area contributed by atoms with E-state index in [0.29, 0.717) is 0 Å². The van der Waals surface area contributed by atoms with Gasteiger partial charge in [-0.25, -0.2) is 0 Å². The van der Waals surface area contributed by atoms with Gasteiger partial charge in [-0.15, -0.1) is 0 Å². The molecule has 0 aromatic rings. The fraction of sp³-hybridized carbons (Fsp3) is 1.00. The first-order valence-corrected chi connectivity index (χ1v) is 14.1. The number of halogens is 1. The molecule has 2 heteroatoms. The minimum absolute atomic E-state index is 0. The van der Waals surface area contributed by atoms with Crippen LogP contribution >= 0.6 is 7.26 Å². The van der Waals surface area contributed by atoms with Crippen LogP contribution in [-0.4, -0.2) is 24.6 Å². The smallest absolute Gasteiger partial charge is 0.0594 e. The van der Waals surface area contributed by atoms with Crippen LogP contribution in [0.25, 0.3) is 0 Å². The standard InChI is InChI=1S/C23H50P.ClH/c1-5-9-12-15-18-21-24(8-4,22-19-16-13-10-6-2)23-20-17-14-11-7-3;/h5-23H2,1-4H3;1H/q+1;/p-1. The highest BCUT2D eigenvalue weighted by Crippen LogP contribution is 2.60. The molecule has 0 fully saturated rings. The zero-order valence-corrected chi connectivity index (χ0v) is 19.9. The molecule has 0 amide bonds. The summed E-state index contributed by atoms with van der Waals surface area (Å²) in [4.78, 5) is 0. The molecule has 0 unspecified atom stereocenters. The van der Waals surface area contributed by atoms with E-state index in [1.807, 2.05) is 0 Å². The Morgan fingerprint density at radius 1 is 0.400 bits per heavy atom. The fourth-order valence-electron chi connectivity index (χ4n) is 3.96. The largest absolute Gasteiger partial charge is 1.00 e. The van der Waals surface area contributed by atoms with Gasteiger partial charge in [0.2, 0.25) is 0 Å². The van der Waals surface area contributed by atoms with Gasteiger partial charge < -0.3 is 12.4 Å². The number of rotatable bonds is 19. The summed E-state index contributed by atoms with van der Waals surface area (Å²) in [6, 6.07) is 0. The molecule has 0 radical (unpaired) electrons. The van der Waals surface area contributed by atoms with Gasteiger partial charge in [-0.2, -0.15) is 0 Å². The van der Waals surface area contributed by atoms with Crippen molar-refractivity contribution in [2.75, 3.05) is 24.6 Å². The molecule has 0 saturated carbocycles. The van der Waals surface area contributed by atoms with Crippen LogP contribution in [0.15, 0.2) is 0 Å². The summed E-state index contributed by atoms with van der Waals surface area (Å²) in [5, 5.41) is 0. The minimum Gasteiger partial charge on any atom is -1.00 e. The number of unbranched alkanes of at least 4 members (excludes halogenated alkanes) is 12. The van der Waals surface area contributed by atoms with Gasteiger partial charge in [0.15, 0.2) is 0 Å². The summed E-state index contributed by atoms with van der Waals surface area (Å²) in [5.41, 5.74) is 0.